The Labute approximate surface area is 120 Å². The molecule has 1 nitrogen and oxygen atoms in total. The first-order chi connectivity index (χ1) is 9.95. The van der Waals surface area contributed by atoms with Crippen LogP contribution in [0, 0.1) is 30.2 Å². The summed E-state index contributed by atoms with van der Waals surface area (Å²) in [5.74, 6) is -2.91. The lowest BCUT2D eigenvalue weighted by molar-refractivity contribution is 0.468. The molecule has 0 aromatic heterocycles. The Bertz CT molecular complexity index is 635. The first kappa shape index (κ1) is 15.5. The van der Waals surface area contributed by atoms with Gasteiger partial charge in [-0.1, -0.05) is 12.1 Å². The number of likely N-dealkylation sites (N-methyl/N-ethyl adjacent to an activating group) is 1. The average molecular weight is 297 g/mol. The van der Waals surface area contributed by atoms with Crippen LogP contribution >= 0.6 is 0 Å². The largest absolute Gasteiger partial charge is 0.313 e. The Kier molecular flexibility index (Phi) is 4.63. The molecule has 0 aliphatic rings. The monoisotopic (exact) mass is 297 g/mol. The van der Waals surface area contributed by atoms with Crippen molar-refractivity contribution >= 4 is 0 Å². The van der Waals surface area contributed by atoms with Crippen molar-refractivity contribution in [1.29, 1.82) is 0 Å². The molecule has 0 radical (unpaired) electrons. The molecular weight excluding hydrogens is 282 g/mol. The summed E-state index contributed by atoms with van der Waals surface area (Å²) < 4.78 is 55.4. The van der Waals surface area contributed by atoms with Crippen molar-refractivity contribution in [2.45, 2.75) is 19.4 Å². The Morgan fingerprint density at radius 1 is 0.952 bits per heavy atom. The summed E-state index contributed by atoms with van der Waals surface area (Å²) >= 11 is 0. The zero-order chi connectivity index (χ0) is 15.6. The molecule has 0 spiro atoms. The van der Waals surface area contributed by atoms with Crippen molar-refractivity contribution < 1.29 is 17.6 Å². The fourth-order valence-electron chi connectivity index (χ4n) is 2.28. The molecule has 21 heavy (non-hydrogen) atoms. The zero-order valence-corrected chi connectivity index (χ0v) is 11.7. The smallest absolute Gasteiger partial charge is 0.133 e. The summed E-state index contributed by atoms with van der Waals surface area (Å²) in [5.41, 5.74) is -0.127. The lowest BCUT2D eigenvalue weighted by Crippen LogP contribution is -2.23. The Morgan fingerprint density at radius 3 is 2.14 bits per heavy atom. The van der Waals surface area contributed by atoms with E-state index in [1.165, 1.54) is 26.1 Å². The van der Waals surface area contributed by atoms with Crippen LogP contribution in [0.5, 0.6) is 0 Å². The minimum atomic E-state index is -0.865. The Balaban J connectivity index is 2.44. The second kappa shape index (κ2) is 6.26. The fourth-order valence-corrected chi connectivity index (χ4v) is 2.28. The molecule has 0 heterocycles. The molecule has 5 heteroatoms. The van der Waals surface area contributed by atoms with Gasteiger partial charge in [-0.05, 0) is 44.2 Å². The third-order valence-electron chi connectivity index (χ3n) is 3.49. The lowest BCUT2D eigenvalue weighted by Gasteiger charge is -2.19. The van der Waals surface area contributed by atoms with Gasteiger partial charge in [0.25, 0.3) is 0 Å². The van der Waals surface area contributed by atoms with E-state index >= 15 is 0 Å². The number of halogens is 4. The summed E-state index contributed by atoms with van der Waals surface area (Å²) in [7, 11) is 1.49. The highest BCUT2D eigenvalue weighted by atomic mass is 19.1. The molecule has 2 rings (SSSR count). The second-order valence-corrected chi connectivity index (χ2v) is 4.84. The number of aryl methyl sites for hydroxylation is 1. The van der Waals surface area contributed by atoms with Gasteiger partial charge in [0.1, 0.15) is 23.3 Å². The van der Waals surface area contributed by atoms with Gasteiger partial charge in [0.2, 0.25) is 0 Å². The highest BCUT2D eigenvalue weighted by Crippen LogP contribution is 2.27. The molecule has 0 fully saturated rings. The Morgan fingerprint density at radius 2 is 1.57 bits per heavy atom. The number of hydrogen-bond donors (Lipinski definition) is 1. The molecule has 2 aromatic carbocycles. The van der Waals surface area contributed by atoms with E-state index in [1.807, 2.05) is 0 Å². The molecule has 0 amide bonds. The van der Waals surface area contributed by atoms with Gasteiger partial charge in [0.05, 0.1) is 0 Å². The Hall–Kier alpha value is -1.88. The maximum absolute atomic E-state index is 14.1. The molecule has 0 aliphatic carbocycles. The third-order valence-corrected chi connectivity index (χ3v) is 3.49. The van der Waals surface area contributed by atoms with Crippen LogP contribution in [0.1, 0.15) is 22.7 Å². The lowest BCUT2D eigenvalue weighted by atomic mass is 9.96. The van der Waals surface area contributed by atoms with Crippen LogP contribution < -0.4 is 5.32 Å². The number of benzene rings is 2. The molecular formula is C16H15F4N. The molecule has 0 saturated carbocycles. The average Bonchev–Trinajstić information content (AvgIpc) is 2.45. The van der Waals surface area contributed by atoms with E-state index in [9.17, 15) is 17.6 Å². The zero-order valence-electron chi connectivity index (χ0n) is 11.7. The van der Waals surface area contributed by atoms with Gasteiger partial charge >= 0.3 is 0 Å². The van der Waals surface area contributed by atoms with Crippen LogP contribution in [-0.4, -0.2) is 7.05 Å². The topological polar surface area (TPSA) is 12.0 Å². The van der Waals surface area contributed by atoms with Crippen molar-refractivity contribution in [1.82, 2.24) is 5.32 Å². The number of rotatable bonds is 4. The molecule has 1 unspecified atom stereocenters. The van der Waals surface area contributed by atoms with E-state index in [0.717, 1.165) is 18.2 Å². The highest BCUT2D eigenvalue weighted by Gasteiger charge is 2.23. The van der Waals surface area contributed by atoms with E-state index in [1.54, 1.807) is 0 Å². The summed E-state index contributed by atoms with van der Waals surface area (Å²) in [6, 6.07) is 5.09. The molecule has 0 aliphatic heterocycles. The predicted molar refractivity (Wildman–Crippen MR) is 73.0 cm³/mol. The van der Waals surface area contributed by atoms with E-state index in [-0.39, 0.29) is 23.1 Å². The first-order valence-electron chi connectivity index (χ1n) is 6.50. The third kappa shape index (κ3) is 3.08. The van der Waals surface area contributed by atoms with Gasteiger partial charge in [0, 0.05) is 17.2 Å². The molecule has 1 N–H and O–H groups in total. The number of nitrogens with one attached hydrogen (secondary N) is 1. The molecule has 2 aromatic rings. The SMILES string of the molecule is CNC(Cc1c(F)cccc1F)c1c(F)ccc(C)c1F. The fraction of sp³-hybridized carbons (Fsp3) is 0.250. The minimum Gasteiger partial charge on any atom is -0.313 e. The van der Waals surface area contributed by atoms with Crippen molar-refractivity contribution in [2.24, 2.45) is 0 Å². The summed E-state index contributed by atoms with van der Waals surface area (Å²) in [6.07, 6.45) is -0.188. The van der Waals surface area contributed by atoms with Crippen LogP contribution in [0.4, 0.5) is 17.6 Å². The van der Waals surface area contributed by atoms with Crippen LogP contribution in [0.15, 0.2) is 30.3 Å². The van der Waals surface area contributed by atoms with Gasteiger partial charge in [-0.3, -0.25) is 0 Å². The predicted octanol–water partition coefficient (Wildman–Crippen LogP) is 4.05. The summed E-state index contributed by atoms with van der Waals surface area (Å²) in [4.78, 5) is 0. The van der Waals surface area contributed by atoms with Crippen molar-refractivity contribution in [3.63, 3.8) is 0 Å². The van der Waals surface area contributed by atoms with Crippen LogP contribution in [-0.2, 0) is 6.42 Å². The van der Waals surface area contributed by atoms with Crippen molar-refractivity contribution in [3.05, 3.63) is 70.3 Å². The van der Waals surface area contributed by atoms with Crippen molar-refractivity contribution in [2.75, 3.05) is 7.05 Å². The van der Waals surface area contributed by atoms with Gasteiger partial charge in [-0.2, -0.15) is 0 Å². The van der Waals surface area contributed by atoms with E-state index in [2.05, 4.69) is 5.32 Å². The van der Waals surface area contributed by atoms with Gasteiger partial charge in [0.15, 0.2) is 0 Å². The molecule has 0 bridgehead atoms. The standard InChI is InChI=1S/C16H15F4N/c1-9-6-7-13(19)15(16(9)20)14(21-2)8-10-11(17)4-3-5-12(10)18/h3-7,14,21H,8H2,1-2H3. The van der Waals surface area contributed by atoms with E-state index < -0.39 is 29.3 Å². The first-order valence-corrected chi connectivity index (χ1v) is 6.50. The van der Waals surface area contributed by atoms with Crippen LogP contribution in [0.3, 0.4) is 0 Å². The molecule has 1 atom stereocenters. The second-order valence-electron chi connectivity index (χ2n) is 4.84. The van der Waals surface area contributed by atoms with E-state index in [0.29, 0.717) is 0 Å². The maximum Gasteiger partial charge on any atom is 0.133 e. The maximum atomic E-state index is 14.1. The summed E-state index contributed by atoms with van der Waals surface area (Å²) in [6.45, 7) is 1.51. The molecule has 112 valence electrons. The van der Waals surface area contributed by atoms with Crippen LogP contribution in [0.2, 0.25) is 0 Å². The number of hydrogen-bond acceptors (Lipinski definition) is 1. The normalized spacial score (nSPS) is 12.5. The summed E-state index contributed by atoms with van der Waals surface area (Å²) in [5, 5.41) is 2.72. The van der Waals surface area contributed by atoms with Crippen LogP contribution in [0.25, 0.3) is 0 Å². The van der Waals surface area contributed by atoms with Gasteiger partial charge in [-0.25, -0.2) is 17.6 Å². The van der Waals surface area contributed by atoms with E-state index in [4.69, 9.17) is 0 Å². The van der Waals surface area contributed by atoms with Gasteiger partial charge in [-0.15, -0.1) is 0 Å². The van der Waals surface area contributed by atoms with Gasteiger partial charge < -0.3 is 5.32 Å². The highest BCUT2D eigenvalue weighted by molar-refractivity contribution is 5.31. The minimum absolute atomic E-state index is 0.188. The van der Waals surface area contributed by atoms with Crippen molar-refractivity contribution in [3.8, 4) is 0 Å². The molecule has 0 saturated heterocycles. The quantitative estimate of drug-likeness (QED) is 0.839.